The van der Waals surface area contributed by atoms with E-state index in [1.165, 1.54) is 19.7 Å². The molecule has 32 heavy (non-hydrogen) atoms. The predicted molar refractivity (Wildman–Crippen MR) is 120 cm³/mol. The first-order chi connectivity index (χ1) is 15.4. The highest BCUT2D eigenvalue weighted by atomic mass is 32.2. The number of fused-ring (bicyclic) bond motifs is 1. The molecule has 1 amide bonds. The summed E-state index contributed by atoms with van der Waals surface area (Å²) in [6.45, 7) is 4.23. The largest absolute Gasteiger partial charge is 0.465 e. The maximum Gasteiger partial charge on any atom is 0.324 e. The number of ether oxygens (including phenoxy) is 1. The third-order valence-electron chi connectivity index (χ3n) is 6.88. The van der Waals surface area contributed by atoms with Crippen LogP contribution in [0.1, 0.15) is 50.2 Å². The van der Waals surface area contributed by atoms with E-state index in [0.717, 1.165) is 19.3 Å². The zero-order valence-electron chi connectivity index (χ0n) is 18.7. The van der Waals surface area contributed by atoms with Gasteiger partial charge in [-0.15, -0.1) is 0 Å². The van der Waals surface area contributed by atoms with Crippen LogP contribution in [0.4, 0.5) is 0 Å². The van der Waals surface area contributed by atoms with Crippen molar-refractivity contribution in [2.24, 2.45) is 5.92 Å². The topological polar surface area (TPSA) is 87.2 Å². The zero-order chi connectivity index (χ0) is 22.7. The van der Waals surface area contributed by atoms with Crippen LogP contribution in [0.2, 0.25) is 0 Å². The Morgan fingerprint density at radius 1 is 1.00 bits per heavy atom. The predicted octanol–water partition coefficient (Wildman–Crippen LogP) is 1.95. The summed E-state index contributed by atoms with van der Waals surface area (Å²) in [6, 6.07) is 7.47. The van der Waals surface area contributed by atoms with Crippen molar-refractivity contribution in [3.05, 3.63) is 35.4 Å². The lowest BCUT2D eigenvalue weighted by atomic mass is 9.94. The quantitative estimate of drug-likeness (QED) is 0.623. The average Bonchev–Trinajstić information content (AvgIpc) is 2.83. The molecule has 0 spiro atoms. The first-order valence-electron chi connectivity index (χ1n) is 11.7. The molecule has 0 unspecified atom stereocenters. The molecule has 0 radical (unpaired) electrons. The molecule has 9 heteroatoms. The summed E-state index contributed by atoms with van der Waals surface area (Å²) in [4.78, 5) is 27.4. The van der Waals surface area contributed by atoms with Crippen LogP contribution in [-0.4, -0.2) is 72.6 Å². The van der Waals surface area contributed by atoms with Crippen LogP contribution in [0.15, 0.2) is 24.3 Å². The van der Waals surface area contributed by atoms with E-state index in [1.807, 2.05) is 17.0 Å². The van der Waals surface area contributed by atoms with Crippen molar-refractivity contribution in [2.45, 2.75) is 58.0 Å². The van der Waals surface area contributed by atoms with E-state index in [1.54, 1.807) is 6.92 Å². The Morgan fingerprint density at radius 2 is 1.72 bits per heavy atom. The van der Waals surface area contributed by atoms with Gasteiger partial charge in [0.25, 0.3) is 10.2 Å². The van der Waals surface area contributed by atoms with Gasteiger partial charge in [-0.1, -0.05) is 24.3 Å². The fraction of sp³-hybridized carbons (Fsp3) is 0.652. The van der Waals surface area contributed by atoms with E-state index in [4.69, 9.17) is 4.74 Å². The number of nitrogens with zero attached hydrogens (tertiary/aromatic N) is 3. The van der Waals surface area contributed by atoms with Crippen LogP contribution in [-0.2, 0) is 37.5 Å². The van der Waals surface area contributed by atoms with Crippen LogP contribution in [0.25, 0.3) is 0 Å². The number of rotatable bonds is 5. The normalized spacial score (nSPS) is 23.5. The standard InChI is InChI=1S/C23H33N3O5S/c1-2-31-23(28)21-9-5-6-13-26(21)32(29,30)25-15-11-19(12-16-25)22(27)24-14-10-18-7-3-4-8-20(18)17-24/h3-4,7-8,19,21H,2,5-6,9-17H2,1H3/t21-/m1/s1. The molecular weight excluding hydrogens is 430 g/mol. The second-order valence-corrected chi connectivity index (χ2v) is 10.7. The molecular formula is C23H33N3O5S. The van der Waals surface area contributed by atoms with Crippen molar-refractivity contribution < 1.29 is 22.7 Å². The van der Waals surface area contributed by atoms with E-state index < -0.39 is 22.2 Å². The van der Waals surface area contributed by atoms with Gasteiger partial charge in [0.2, 0.25) is 5.91 Å². The average molecular weight is 464 g/mol. The summed E-state index contributed by atoms with van der Waals surface area (Å²) in [6.07, 6.45) is 3.91. The maximum absolute atomic E-state index is 13.3. The molecule has 0 N–H and O–H groups in total. The number of esters is 1. The van der Waals surface area contributed by atoms with Crippen LogP contribution in [0, 0.1) is 5.92 Å². The third-order valence-corrected chi connectivity index (χ3v) is 8.93. The van der Waals surface area contributed by atoms with Gasteiger partial charge in [0, 0.05) is 38.6 Å². The summed E-state index contributed by atoms with van der Waals surface area (Å²) in [5.41, 5.74) is 2.50. The molecule has 3 aliphatic heterocycles. The Morgan fingerprint density at radius 3 is 2.44 bits per heavy atom. The Kier molecular flexibility index (Phi) is 7.17. The number of amides is 1. The van der Waals surface area contributed by atoms with Crippen LogP contribution >= 0.6 is 0 Å². The van der Waals surface area contributed by atoms with Gasteiger partial charge in [0.15, 0.2) is 0 Å². The highest BCUT2D eigenvalue weighted by Crippen LogP contribution is 2.29. The summed E-state index contributed by atoms with van der Waals surface area (Å²) in [5, 5.41) is 0. The molecule has 1 aromatic carbocycles. The Labute approximate surface area is 190 Å². The lowest BCUT2D eigenvalue weighted by molar-refractivity contribution is -0.148. The van der Waals surface area contributed by atoms with E-state index in [2.05, 4.69) is 12.1 Å². The number of hydrogen-bond acceptors (Lipinski definition) is 5. The second kappa shape index (κ2) is 9.89. The number of hydrogen-bond donors (Lipinski definition) is 0. The molecule has 4 rings (SSSR count). The molecule has 1 aromatic rings. The van der Waals surface area contributed by atoms with E-state index in [-0.39, 0.29) is 18.4 Å². The summed E-state index contributed by atoms with van der Waals surface area (Å²) in [7, 11) is -3.77. The third kappa shape index (κ3) is 4.70. The molecule has 0 aromatic heterocycles. The first kappa shape index (κ1) is 23.2. The van der Waals surface area contributed by atoms with Gasteiger partial charge in [-0.2, -0.15) is 17.0 Å². The summed E-state index contributed by atoms with van der Waals surface area (Å²) < 4.78 is 34.5. The van der Waals surface area contributed by atoms with Gasteiger partial charge >= 0.3 is 5.97 Å². The van der Waals surface area contributed by atoms with Gasteiger partial charge < -0.3 is 9.64 Å². The molecule has 1 atom stereocenters. The highest BCUT2D eigenvalue weighted by Gasteiger charge is 2.42. The van der Waals surface area contributed by atoms with Crippen molar-refractivity contribution in [3.63, 3.8) is 0 Å². The minimum atomic E-state index is -3.77. The van der Waals surface area contributed by atoms with Gasteiger partial charge in [-0.3, -0.25) is 9.59 Å². The summed E-state index contributed by atoms with van der Waals surface area (Å²) in [5.74, 6) is -0.501. The minimum Gasteiger partial charge on any atom is -0.465 e. The fourth-order valence-electron chi connectivity index (χ4n) is 5.08. The lowest BCUT2D eigenvalue weighted by Crippen LogP contribution is -2.55. The second-order valence-electron chi connectivity index (χ2n) is 8.83. The molecule has 0 aliphatic carbocycles. The highest BCUT2D eigenvalue weighted by molar-refractivity contribution is 7.86. The molecule has 0 bridgehead atoms. The fourth-order valence-corrected chi connectivity index (χ4v) is 6.92. The van der Waals surface area contributed by atoms with E-state index >= 15 is 0 Å². The zero-order valence-corrected chi connectivity index (χ0v) is 19.6. The van der Waals surface area contributed by atoms with Gasteiger partial charge in [-0.05, 0) is 56.6 Å². The maximum atomic E-state index is 13.3. The van der Waals surface area contributed by atoms with Crippen molar-refractivity contribution in [1.82, 2.24) is 13.5 Å². The SMILES string of the molecule is CCOC(=O)[C@H]1CCCCN1S(=O)(=O)N1CCC(C(=O)N2CCc3ccccc3C2)CC1. The molecule has 176 valence electrons. The lowest BCUT2D eigenvalue weighted by Gasteiger charge is -2.40. The number of carbonyl (C=O) groups excluding carboxylic acids is 2. The van der Waals surface area contributed by atoms with Gasteiger partial charge in [-0.25, -0.2) is 0 Å². The monoisotopic (exact) mass is 463 g/mol. The number of piperidine rings is 2. The van der Waals surface area contributed by atoms with E-state index in [9.17, 15) is 18.0 Å². The molecule has 2 fully saturated rings. The minimum absolute atomic E-state index is 0.124. The number of benzene rings is 1. The molecule has 3 heterocycles. The Bertz CT molecular complexity index is 943. The molecule has 8 nitrogen and oxygen atoms in total. The first-order valence-corrected chi connectivity index (χ1v) is 13.1. The van der Waals surface area contributed by atoms with Gasteiger partial charge in [0.05, 0.1) is 6.61 Å². The van der Waals surface area contributed by atoms with Crippen molar-refractivity contribution >= 4 is 22.1 Å². The van der Waals surface area contributed by atoms with Crippen molar-refractivity contribution in [3.8, 4) is 0 Å². The van der Waals surface area contributed by atoms with Crippen molar-refractivity contribution in [2.75, 3.05) is 32.8 Å². The Hall–Kier alpha value is -1.97. The molecule has 2 saturated heterocycles. The van der Waals surface area contributed by atoms with Crippen LogP contribution < -0.4 is 0 Å². The van der Waals surface area contributed by atoms with Crippen LogP contribution in [0.3, 0.4) is 0 Å². The molecule has 3 aliphatic rings. The van der Waals surface area contributed by atoms with Crippen LogP contribution in [0.5, 0.6) is 0 Å². The summed E-state index contributed by atoms with van der Waals surface area (Å²) >= 11 is 0. The number of carbonyl (C=O) groups is 2. The smallest absolute Gasteiger partial charge is 0.324 e. The molecule has 0 saturated carbocycles. The van der Waals surface area contributed by atoms with Crippen molar-refractivity contribution in [1.29, 1.82) is 0 Å². The Balaban J connectivity index is 1.37. The van der Waals surface area contributed by atoms with E-state index in [0.29, 0.717) is 52.0 Å². The van der Waals surface area contributed by atoms with Gasteiger partial charge in [0.1, 0.15) is 6.04 Å².